The number of hydrogen-bond donors (Lipinski definition) is 2. The molecule has 0 radical (unpaired) electrons. The average Bonchev–Trinajstić information content (AvgIpc) is 2.86. The molecule has 7 nitrogen and oxygen atoms in total. The van der Waals surface area contributed by atoms with Crippen LogP contribution in [0.1, 0.15) is 40.0 Å². The van der Waals surface area contributed by atoms with Crippen LogP contribution in [0.2, 0.25) is 0 Å². The fourth-order valence-electron chi connectivity index (χ4n) is 3.73. The van der Waals surface area contributed by atoms with Gasteiger partial charge in [0.1, 0.15) is 6.61 Å². The molecule has 3 rings (SSSR count). The molecule has 0 aliphatic carbocycles. The Kier molecular flexibility index (Phi) is 8.91. The molecule has 2 aromatic carbocycles. The van der Waals surface area contributed by atoms with E-state index in [2.05, 4.69) is 10.6 Å². The van der Waals surface area contributed by atoms with Crippen LogP contribution in [0, 0.1) is 0 Å². The number of methoxy groups -OCH3 is 1. The van der Waals surface area contributed by atoms with E-state index in [4.69, 9.17) is 21.7 Å². The zero-order valence-corrected chi connectivity index (χ0v) is 21.6. The quantitative estimate of drug-likeness (QED) is 0.201. The van der Waals surface area contributed by atoms with Crippen LogP contribution >= 0.6 is 12.2 Å². The zero-order chi connectivity index (χ0) is 29.1. The monoisotopic (exact) mass is 575 g/mol. The Hall–Kier alpha value is -3.65. The number of thiocarbonyl (C=S) groups is 1. The normalized spacial score (nSPS) is 16.2. The van der Waals surface area contributed by atoms with Crippen molar-refractivity contribution in [1.82, 2.24) is 10.2 Å². The number of amides is 1. The van der Waals surface area contributed by atoms with Crippen molar-refractivity contribution >= 4 is 34.9 Å². The molecule has 1 aliphatic heterocycles. The van der Waals surface area contributed by atoms with Gasteiger partial charge in [0.05, 0.1) is 29.3 Å². The minimum atomic E-state index is -5.10. The van der Waals surface area contributed by atoms with Gasteiger partial charge in [-0.15, -0.1) is 0 Å². The molecule has 14 heteroatoms. The number of rotatable bonds is 7. The van der Waals surface area contributed by atoms with Crippen LogP contribution in [-0.2, 0) is 26.6 Å². The van der Waals surface area contributed by atoms with Crippen LogP contribution in [0.4, 0.5) is 32.0 Å². The molecule has 0 saturated heterocycles. The molecule has 0 bridgehead atoms. The lowest BCUT2D eigenvalue weighted by atomic mass is 9.94. The standard InChI is InChI=1S/C25H23F6N3O4S/c1-13-19(22(36)38-8-7-37-3)20(33-23(39)34(13)2)14-5-4-6-18(11-14)32-21(35)15-9-16(24(26,27)28)12-17(10-15)25(29,30)31/h4-6,9-12,20H,7-8H2,1-3H3,(H,32,35)(H,33,39). The number of carbonyl (C=O) groups excluding carboxylic acids is 2. The van der Waals surface area contributed by atoms with Crippen molar-refractivity contribution in [3.05, 3.63) is 76.0 Å². The smallest absolute Gasteiger partial charge is 0.416 e. The summed E-state index contributed by atoms with van der Waals surface area (Å²) in [7, 11) is 3.09. The predicted molar refractivity (Wildman–Crippen MR) is 133 cm³/mol. The van der Waals surface area contributed by atoms with E-state index in [9.17, 15) is 35.9 Å². The summed E-state index contributed by atoms with van der Waals surface area (Å²) in [6.07, 6.45) is -10.2. The molecule has 39 heavy (non-hydrogen) atoms. The number of allylic oxidation sites excluding steroid dienone is 1. The Balaban J connectivity index is 1.95. The lowest BCUT2D eigenvalue weighted by molar-refractivity contribution is -0.143. The molecule has 2 aromatic rings. The minimum absolute atomic E-state index is 0.0139. The van der Waals surface area contributed by atoms with Crippen molar-refractivity contribution in [3.8, 4) is 0 Å². The third-order valence-corrected chi connectivity index (χ3v) is 6.21. The highest BCUT2D eigenvalue weighted by Crippen LogP contribution is 2.37. The van der Waals surface area contributed by atoms with Gasteiger partial charge < -0.3 is 25.0 Å². The summed E-state index contributed by atoms with van der Waals surface area (Å²) in [5, 5.41) is 5.60. The van der Waals surface area contributed by atoms with Gasteiger partial charge in [0.2, 0.25) is 0 Å². The number of nitrogens with one attached hydrogen (secondary N) is 2. The number of alkyl halides is 6. The zero-order valence-electron chi connectivity index (χ0n) is 20.8. The summed E-state index contributed by atoms with van der Waals surface area (Å²) in [6.45, 7) is 1.81. The number of halogens is 6. The first-order valence-corrected chi connectivity index (χ1v) is 11.7. The first-order valence-electron chi connectivity index (χ1n) is 11.2. The molecule has 0 aromatic heterocycles. The Bertz CT molecular complexity index is 1280. The topological polar surface area (TPSA) is 79.9 Å². The number of benzene rings is 2. The summed E-state index contributed by atoms with van der Waals surface area (Å²) in [5.41, 5.74) is -2.89. The summed E-state index contributed by atoms with van der Waals surface area (Å²) < 4.78 is 89.4. The lowest BCUT2D eigenvalue weighted by Gasteiger charge is -2.35. The highest BCUT2D eigenvalue weighted by atomic mass is 32.1. The van der Waals surface area contributed by atoms with Gasteiger partial charge in [-0.3, -0.25) is 4.79 Å². The molecule has 1 amide bonds. The van der Waals surface area contributed by atoms with Crippen LogP contribution in [0.25, 0.3) is 0 Å². The Morgan fingerprint density at radius 2 is 1.64 bits per heavy atom. The van der Waals surface area contributed by atoms with E-state index in [1.807, 2.05) is 0 Å². The summed E-state index contributed by atoms with van der Waals surface area (Å²) in [5.74, 6) is -1.85. The van der Waals surface area contributed by atoms with E-state index in [-0.39, 0.29) is 35.7 Å². The van der Waals surface area contributed by atoms with Gasteiger partial charge in [-0.2, -0.15) is 26.3 Å². The molecule has 0 fully saturated rings. The van der Waals surface area contributed by atoms with E-state index in [1.165, 1.54) is 25.3 Å². The minimum Gasteiger partial charge on any atom is -0.460 e. The molecule has 0 spiro atoms. The van der Waals surface area contributed by atoms with Crippen molar-refractivity contribution in [2.75, 3.05) is 32.7 Å². The summed E-state index contributed by atoms with van der Waals surface area (Å²) >= 11 is 5.33. The molecular formula is C25H23F6N3O4S. The van der Waals surface area contributed by atoms with Crippen molar-refractivity contribution in [1.29, 1.82) is 0 Å². The van der Waals surface area contributed by atoms with Crippen LogP contribution in [0.5, 0.6) is 0 Å². The molecule has 2 N–H and O–H groups in total. The first-order chi connectivity index (χ1) is 18.1. The average molecular weight is 576 g/mol. The number of esters is 1. The van der Waals surface area contributed by atoms with E-state index >= 15 is 0 Å². The van der Waals surface area contributed by atoms with Crippen molar-refractivity contribution < 1.29 is 45.4 Å². The molecule has 210 valence electrons. The predicted octanol–water partition coefficient (Wildman–Crippen LogP) is 5.30. The third kappa shape index (κ3) is 7.06. The Morgan fingerprint density at radius 3 is 2.21 bits per heavy atom. The molecule has 1 aliphatic rings. The summed E-state index contributed by atoms with van der Waals surface area (Å²) in [4.78, 5) is 27.2. The maximum Gasteiger partial charge on any atom is 0.416 e. The SMILES string of the molecule is COCCOC(=O)C1=C(C)N(C)C(=S)NC1c1cccc(NC(=O)c2cc(C(F)(F)F)cc(C(F)(F)F)c2)c1. The van der Waals surface area contributed by atoms with Gasteiger partial charge in [0.15, 0.2) is 5.11 Å². The van der Waals surface area contributed by atoms with E-state index < -0.39 is 47.0 Å². The van der Waals surface area contributed by atoms with Gasteiger partial charge in [0.25, 0.3) is 5.91 Å². The fourth-order valence-corrected chi connectivity index (χ4v) is 3.99. The number of ether oxygens (including phenoxy) is 2. The van der Waals surface area contributed by atoms with Gasteiger partial charge in [-0.05, 0) is 55.0 Å². The highest BCUT2D eigenvalue weighted by Gasteiger charge is 2.38. The third-order valence-electron chi connectivity index (χ3n) is 5.82. The molecular weight excluding hydrogens is 552 g/mol. The molecule has 1 atom stereocenters. The molecule has 1 unspecified atom stereocenters. The fraction of sp³-hybridized carbons (Fsp3) is 0.320. The van der Waals surface area contributed by atoms with E-state index in [0.29, 0.717) is 23.4 Å². The number of hydrogen-bond acceptors (Lipinski definition) is 5. The van der Waals surface area contributed by atoms with Crippen LogP contribution in [-0.4, -0.2) is 49.3 Å². The maximum absolute atomic E-state index is 13.2. The van der Waals surface area contributed by atoms with Gasteiger partial charge >= 0.3 is 18.3 Å². The highest BCUT2D eigenvalue weighted by molar-refractivity contribution is 7.80. The Labute approximate surface area is 224 Å². The van der Waals surface area contributed by atoms with E-state index in [0.717, 1.165) is 0 Å². The maximum atomic E-state index is 13.2. The Morgan fingerprint density at radius 1 is 1.03 bits per heavy atom. The van der Waals surface area contributed by atoms with Crippen LogP contribution < -0.4 is 10.6 Å². The number of anilines is 1. The number of carbonyl (C=O) groups is 2. The second-order valence-corrected chi connectivity index (χ2v) is 8.83. The molecule has 0 saturated carbocycles. The lowest BCUT2D eigenvalue weighted by Crippen LogP contribution is -2.46. The van der Waals surface area contributed by atoms with Crippen LogP contribution in [0.3, 0.4) is 0 Å². The van der Waals surface area contributed by atoms with Crippen molar-refractivity contribution in [2.24, 2.45) is 0 Å². The largest absolute Gasteiger partial charge is 0.460 e. The van der Waals surface area contributed by atoms with Gasteiger partial charge in [-0.25, -0.2) is 4.79 Å². The van der Waals surface area contributed by atoms with E-state index in [1.54, 1.807) is 24.9 Å². The van der Waals surface area contributed by atoms with Crippen molar-refractivity contribution in [3.63, 3.8) is 0 Å². The van der Waals surface area contributed by atoms with Crippen LogP contribution in [0.15, 0.2) is 53.7 Å². The number of nitrogens with zero attached hydrogens (tertiary/aromatic N) is 1. The first kappa shape index (κ1) is 29.9. The summed E-state index contributed by atoms with van der Waals surface area (Å²) in [6, 6.07) is 5.68. The molecule has 1 heterocycles. The van der Waals surface area contributed by atoms with Gasteiger partial charge in [0, 0.05) is 31.1 Å². The van der Waals surface area contributed by atoms with Crippen molar-refractivity contribution in [2.45, 2.75) is 25.3 Å². The van der Waals surface area contributed by atoms with Gasteiger partial charge in [-0.1, -0.05) is 12.1 Å². The second kappa shape index (κ2) is 11.6. The second-order valence-electron chi connectivity index (χ2n) is 8.44.